The van der Waals surface area contributed by atoms with Crippen LogP contribution in [0.15, 0.2) is 12.2 Å². The maximum atomic E-state index is 11.9. The lowest BCUT2D eigenvalue weighted by Crippen LogP contribution is -2.26. The molecule has 0 bridgehead atoms. The van der Waals surface area contributed by atoms with E-state index in [9.17, 15) is 15.0 Å². The maximum absolute atomic E-state index is 11.9. The lowest BCUT2D eigenvalue weighted by Gasteiger charge is -2.25. The van der Waals surface area contributed by atoms with Crippen LogP contribution in [-0.4, -0.2) is 34.5 Å². The van der Waals surface area contributed by atoms with Gasteiger partial charge in [0.1, 0.15) is 6.10 Å². The smallest absolute Gasteiger partial charge is 0.306 e. The molecule has 0 spiro atoms. The summed E-state index contributed by atoms with van der Waals surface area (Å²) in [6.45, 7) is 2.16. The maximum Gasteiger partial charge on any atom is 0.306 e. The lowest BCUT2D eigenvalue weighted by molar-refractivity contribution is -0.151. The lowest BCUT2D eigenvalue weighted by atomic mass is 9.85. The average Bonchev–Trinajstić information content (AvgIpc) is 2.84. The largest absolute Gasteiger partial charge is 0.462 e. The third-order valence-electron chi connectivity index (χ3n) is 5.58. The summed E-state index contributed by atoms with van der Waals surface area (Å²) >= 11 is 0. The SMILES string of the molecule is CCCCC[C@H](O)CC[C@@H]1[C@H]2C/C=C\CCCC(=O)O[C@H]2C[C@H]1O. The highest BCUT2D eigenvalue weighted by Gasteiger charge is 2.43. The van der Waals surface area contributed by atoms with Crippen LogP contribution in [-0.2, 0) is 9.53 Å². The molecule has 0 radical (unpaired) electrons. The van der Waals surface area contributed by atoms with Crippen LogP contribution in [0.25, 0.3) is 0 Å². The Labute approximate surface area is 146 Å². The van der Waals surface area contributed by atoms with Gasteiger partial charge in [0, 0.05) is 18.8 Å². The monoisotopic (exact) mass is 338 g/mol. The topological polar surface area (TPSA) is 66.8 Å². The Morgan fingerprint density at radius 1 is 1.29 bits per heavy atom. The van der Waals surface area contributed by atoms with E-state index in [-0.39, 0.29) is 30.0 Å². The van der Waals surface area contributed by atoms with E-state index in [4.69, 9.17) is 4.74 Å². The second-order valence-electron chi connectivity index (χ2n) is 7.49. The molecule has 5 atom stereocenters. The van der Waals surface area contributed by atoms with Crippen LogP contribution in [0.3, 0.4) is 0 Å². The second kappa shape index (κ2) is 10.2. The van der Waals surface area contributed by atoms with E-state index in [0.717, 1.165) is 57.8 Å². The molecule has 2 aliphatic rings. The summed E-state index contributed by atoms with van der Waals surface area (Å²) in [5.74, 6) is 0.168. The zero-order valence-corrected chi connectivity index (χ0v) is 15.0. The molecule has 1 aliphatic heterocycles. The zero-order chi connectivity index (χ0) is 17.4. The van der Waals surface area contributed by atoms with Crippen molar-refractivity contribution in [3.8, 4) is 0 Å². The molecule has 1 aliphatic carbocycles. The summed E-state index contributed by atoms with van der Waals surface area (Å²) in [6.07, 6.45) is 12.8. The molecule has 1 saturated carbocycles. The normalized spacial score (nSPS) is 33.5. The molecule has 2 rings (SSSR count). The number of esters is 1. The Bertz CT molecular complexity index is 406. The van der Waals surface area contributed by atoms with Gasteiger partial charge in [-0.15, -0.1) is 0 Å². The van der Waals surface area contributed by atoms with Crippen LogP contribution >= 0.6 is 0 Å². The first kappa shape index (κ1) is 19.5. The molecule has 4 heteroatoms. The molecule has 0 unspecified atom stereocenters. The summed E-state index contributed by atoms with van der Waals surface area (Å²) < 4.78 is 5.64. The molecule has 1 heterocycles. The number of carbonyl (C=O) groups is 1. The molecule has 24 heavy (non-hydrogen) atoms. The van der Waals surface area contributed by atoms with E-state index < -0.39 is 6.10 Å². The van der Waals surface area contributed by atoms with Crippen molar-refractivity contribution >= 4 is 5.97 Å². The Hall–Kier alpha value is -0.870. The molecule has 2 N–H and O–H groups in total. The third-order valence-corrected chi connectivity index (χ3v) is 5.58. The van der Waals surface area contributed by atoms with Crippen molar-refractivity contribution in [3.05, 3.63) is 12.2 Å². The minimum atomic E-state index is -0.426. The summed E-state index contributed by atoms with van der Waals surface area (Å²) in [6, 6.07) is 0. The number of allylic oxidation sites excluding steroid dienone is 2. The molecule has 0 amide bonds. The number of hydrogen-bond donors (Lipinski definition) is 2. The first-order valence-electron chi connectivity index (χ1n) is 9.82. The van der Waals surface area contributed by atoms with Crippen LogP contribution in [0.1, 0.15) is 77.6 Å². The fourth-order valence-electron chi connectivity index (χ4n) is 4.14. The van der Waals surface area contributed by atoms with Crippen molar-refractivity contribution in [2.24, 2.45) is 11.8 Å². The third kappa shape index (κ3) is 5.89. The predicted molar refractivity (Wildman–Crippen MR) is 94.5 cm³/mol. The molecule has 4 nitrogen and oxygen atoms in total. The van der Waals surface area contributed by atoms with Gasteiger partial charge < -0.3 is 14.9 Å². The number of unbranched alkanes of at least 4 members (excludes halogenated alkanes) is 2. The highest BCUT2D eigenvalue weighted by molar-refractivity contribution is 5.69. The van der Waals surface area contributed by atoms with Gasteiger partial charge in [-0.3, -0.25) is 4.79 Å². The van der Waals surface area contributed by atoms with Gasteiger partial charge in [0.05, 0.1) is 12.2 Å². The molecule has 0 saturated heterocycles. The van der Waals surface area contributed by atoms with E-state index in [1.165, 1.54) is 0 Å². The van der Waals surface area contributed by atoms with Gasteiger partial charge >= 0.3 is 5.97 Å². The first-order chi connectivity index (χ1) is 11.6. The van der Waals surface area contributed by atoms with Gasteiger partial charge in [0.2, 0.25) is 0 Å². The van der Waals surface area contributed by atoms with Gasteiger partial charge in [0.25, 0.3) is 0 Å². The molecular formula is C20H34O4. The zero-order valence-electron chi connectivity index (χ0n) is 15.0. The Kier molecular flexibility index (Phi) is 8.26. The highest BCUT2D eigenvalue weighted by atomic mass is 16.5. The van der Waals surface area contributed by atoms with Gasteiger partial charge in [-0.2, -0.15) is 0 Å². The van der Waals surface area contributed by atoms with Gasteiger partial charge in [0.15, 0.2) is 0 Å². The number of aliphatic hydroxyl groups excluding tert-OH is 2. The van der Waals surface area contributed by atoms with Crippen molar-refractivity contribution in [1.29, 1.82) is 0 Å². The van der Waals surface area contributed by atoms with Crippen molar-refractivity contribution in [3.63, 3.8) is 0 Å². The van der Waals surface area contributed by atoms with Crippen LogP contribution < -0.4 is 0 Å². The van der Waals surface area contributed by atoms with E-state index in [2.05, 4.69) is 19.1 Å². The molecule has 0 aromatic rings. The van der Waals surface area contributed by atoms with E-state index in [0.29, 0.717) is 12.8 Å². The molecule has 0 aromatic heterocycles. The van der Waals surface area contributed by atoms with Crippen LogP contribution in [0.4, 0.5) is 0 Å². The summed E-state index contributed by atoms with van der Waals surface area (Å²) in [7, 11) is 0. The van der Waals surface area contributed by atoms with E-state index >= 15 is 0 Å². The quantitative estimate of drug-likeness (QED) is 0.421. The van der Waals surface area contributed by atoms with Crippen molar-refractivity contribution in [2.45, 2.75) is 95.9 Å². The second-order valence-corrected chi connectivity index (χ2v) is 7.49. The van der Waals surface area contributed by atoms with Gasteiger partial charge in [-0.1, -0.05) is 38.3 Å². The fourth-order valence-corrected chi connectivity index (χ4v) is 4.14. The minimum Gasteiger partial charge on any atom is -0.462 e. The Morgan fingerprint density at radius 2 is 2.12 bits per heavy atom. The summed E-state index contributed by atoms with van der Waals surface area (Å²) in [4.78, 5) is 11.9. The average molecular weight is 338 g/mol. The van der Waals surface area contributed by atoms with Crippen LogP contribution in [0.2, 0.25) is 0 Å². The van der Waals surface area contributed by atoms with Crippen LogP contribution in [0.5, 0.6) is 0 Å². The minimum absolute atomic E-state index is 0.118. The highest BCUT2D eigenvalue weighted by Crippen LogP contribution is 2.40. The molecular weight excluding hydrogens is 304 g/mol. The number of aliphatic hydroxyl groups is 2. The molecule has 0 aromatic carbocycles. The number of rotatable bonds is 7. The van der Waals surface area contributed by atoms with Crippen molar-refractivity contribution in [1.82, 2.24) is 0 Å². The number of ether oxygens (including phenoxy) is 1. The fraction of sp³-hybridized carbons (Fsp3) is 0.850. The predicted octanol–water partition coefficient (Wildman–Crippen LogP) is 3.75. The van der Waals surface area contributed by atoms with Gasteiger partial charge in [-0.05, 0) is 44.4 Å². The molecule has 138 valence electrons. The number of fused-ring (bicyclic) bond motifs is 1. The first-order valence-corrected chi connectivity index (χ1v) is 9.82. The van der Waals surface area contributed by atoms with Crippen molar-refractivity contribution < 1.29 is 19.7 Å². The van der Waals surface area contributed by atoms with Crippen molar-refractivity contribution in [2.75, 3.05) is 0 Å². The standard InChI is InChI=1S/C20H34O4/c1-2-3-6-9-15(21)12-13-16-17-10-7-4-5-8-11-20(23)24-19(17)14-18(16)22/h4,7,15-19,21-22H,2-3,5-6,8-14H2,1H3/b7-4-/t15-,16+,17+,18+,19-/m0/s1. The van der Waals surface area contributed by atoms with Crippen LogP contribution in [0, 0.1) is 11.8 Å². The van der Waals surface area contributed by atoms with E-state index in [1.54, 1.807) is 0 Å². The number of carbonyl (C=O) groups excluding carboxylic acids is 1. The molecule has 1 fully saturated rings. The van der Waals surface area contributed by atoms with Gasteiger partial charge in [-0.25, -0.2) is 0 Å². The Balaban J connectivity index is 1.90. The Morgan fingerprint density at radius 3 is 2.92 bits per heavy atom. The summed E-state index contributed by atoms with van der Waals surface area (Å²) in [5, 5.41) is 20.6. The number of hydrogen-bond acceptors (Lipinski definition) is 4. The summed E-state index contributed by atoms with van der Waals surface area (Å²) in [5.41, 5.74) is 0. The van der Waals surface area contributed by atoms with E-state index in [1.807, 2.05) is 0 Å².